The van der Waals surface area contributed by atoms with Crippen LogP contribution in [0.2, 0.25) is 0 Å². The lowest BCUT2D eigenvalue weighted by atomic mass is 9.98. The zero-order valence-corrected chi connectivity index (χ0v) is 19.7. The van der Waals surface area contributed by atoms with Gasteiger partial charge in [-0.15, -0.1) is 0 Å². The van der Waals surface area contributed by atoms with Crippen molar-refractivity contribution in [2.24, 2.45) is 5.92 Å². The van der Waals surface area contributed by atoms with E-state index in [1.165, 1.54) is 4.90 Å². The molecule has 0 saturated carbocycles. The molecular weight excluding hydrogens is 450 g/mol. The zero-order chi connectivity index (χ0) is 24.1. The Morgan fingerprint density at radius 1 is 1.09 bits per heavy atom. The van der Waals surface area contributed by atoms with E-state index in [1.807, 2.05) is 60.8 Å². The van der Waals surface area contributed by atoms with Gasteiger partial charge in [0.15, 0.2) is 0 Å². The quantitative estimate of drug-likeness (QED) is 0.354. The number of aromatic amines is 1. The van der Waals surface area contributed by atoms with E-state index < -0.39 is 24.0 Å². The van der Waals surface area contributed by atoms with Crippen molar-refractivity contribution in [3.05, 3.63) is 71.9 Å². The molecule has 1 fully saturated rings. The standard InChI is InChI=1S/C26H29N3O4S/c30-24(19(16-34)13-17-7-2-1-3-8-17)28-22(25(31)29-12-6-11-23(29)26(32)33)14-18-15-27-21-10-5-4-9-20(18)21/h1-5,7-10,15,19,22-23,27,34H,6,11-14,16H2,(H,28,30)(H,32,33)/t19-,22+,23+/m1/s1. The molecule has 2 aromatic carbocycles. The van der Waals surface area contributed by atoms with Crippen LogP contribution >= 0.6 is 12.6 Å². The third-order valence-electron chi connectivity index (χ3n) is 6.45. The number of fused-ring (bicyclic) bond motifs is 1. The molecule has 0 unspecified atom stereocenters. The lowest BCUT2D eigenvalue weighted by Crippen LogP contribution is -2.53. The topological polar surface area (TPSA) is 103 Å². The molecule has 178 valence electrons. The number of hydrogen-bond acceptors (Lipinski definition) is 4. The minimum atomic E-state index is -1.01. The molecule has 3 N–H and O–H groups in total. The second-order valence-electron chi connectivity index (χ2n) is 8.72. The van der Waals surface area contributed by atoms with Crippen molar-refractivity contribution in [1.29, 1.82) is 0 Å². The molecule has 34 heavy (non-hydrogen) atoms. The second kappa shape index (κ2) is 10.8. The summed E-state index contributed by atoms with van der Waals surface area (Å²) in [5.74, 6) is -1.72. The number of H-pyrrole nitrogens is 1. The van der Waals surface area contributed by atoms with Gasteiger partial charge in [0.25, 0.3) is 0 Å². The summed E-state index contributed by atoms with van der Waals surface area (Å²) in [4.78, 5) is 43.1. The third-order valence-corrected chi connectivity index (χ3v) is 6.89. The van der Waals surface area contributed by atoms with Gasteiger partial charge in [-0.05, 0) is 36.5 Å². The van der Waals surface area contributed by atoms with E-state index in [9.17, 15) is 19.5 Å². The van der Waals surface area contributed by atoms with Gasteiger partial charge in [0.1, 0.15) is 12.1 Å². The molecule has 0 radical (unpaired) electrons. The van der Waals surface area contributed by atoms with E-state index in [0.29, 0.717) is 31.6 Å². The van der Waals surface area contributed by atoms with E-state index >= 15 is 0 Å². The van der Waals surface area contributed by atoms with Crippen LogP contribution in [0, 0.1) is 5.92 Å². The fourth-order valence-corrected chi connectivity index (χ4v) is 4.93. The average molecular weight is 480 g/mol. The van der Waals surface area contributed by atoms with Crippen LogP contribution in [-0.4, -0.2) is 57.2 Å². The number of carboxylic acids is 1. The van der Waals surface area contributed by atoms with Gasteiger partial charge in [-0.25, -0.2) is 4.79 Å². The molecule has 1 aliphatic heterocycles. The number of aliphatic carboxylic acids is 1. The van der Waals surface area contributed by atoms with Crippen molar-refractivity contribution in [2.45, 2.75) is 37.8 Å². The summed E-state index contributed by atoms with van der Waals surface area (Å²) in [6.45, 7) is 0.371. The highest BCUT2D eigenvalue weighted by Crippen LogP contribution is 2.23. The number of benzene rings is 2. The summed E-state index contributed by atoms with van der Waals surface area (Å²) in [5, 5.41) is 13.5. The molecule has 1 aliphatic rings. The first kappa shape index (κ1) is 23.9. The highest BCUT2D eigenvalue weighted by atomic mass is 32.1. The molecule has 0 bridgehead atoms. The summed E-state index contributed by atoms with van der Waals surface area (Å²) in [5.41, 5.74) is 2.85. The van der Waals surface area contributed by atoms with Gasteiger partial charge in [-0.2, -0.15) is 12.6 Å². The molecular formula is C26H29N3O4S. The number of para-hydroxylation sites is 1. The molecule has 1 aromatic heterocycles. The third kappa shape index (κ3) is 5.28. The Morgan fingerprint density at radius 3 is 2.56 bits per heavy atom. The summed E-state index contributed by atoms with van der Waals surface area (Å²) in [6, 6.07) is 15.7. The van der Waals surface area contributed by atoms with Gasteiger partial charge in [0.05, 0.1) is 5.92 Å². The Morgan fingerprint density at radius 2 is 1.82 bits per heavy atom. The second-order valence-corrected chi connectivity index (χ2v) is 9.09. The molecule has 7 nitrogen and oxygen atoms in total. The maximum absolute atomic E-state index is 13.5. The van der Waals surface area contributed by atoms with Crippen LogP contribution in [0.1, 0.15) is 24.0 Å². The largest absolute Gasteiger partial charge is 0.480 e. The molecule has 8 heteroatoms. The fourth-order valence-electron chi connectivity index (χ4n) is 4.64. The number of carbonyl (C=O) groups is 3. The summed E-state index contributed by atoms with van der Waals surface area (Å²) in [6.07, 6.45) is 3.66. The van der Waals surface area contributed by atoms with Crippen molar-refractivity contribution in [3.8, 4) is 0 Å². The number of carbonyl (C=O) groups excluding carboxylic acids is 2. The predicted octanol–water partition coefficient (Wildman–Crippen LogP) is 3.06. The van der Waals surface area contributed by atoms with E-state index in [2.05, 4.69) is 22.9 Å². The molecule has 2 heterocycles. The van der Waals surface area contributed by atoms with Gasteiger partial charge in [-0.1, -0.05) is 48.5 Å². The summed E-state index contributed by atoms with van der Waals surface area (Å²) >= 11 is 4.39. The Labute approximate surface area is 203 Å². The van der Waals surface area contributed by atoms with E-state index in [-0.39, 0.29) is 18.2 Å². The fraction of sp³-hybridized carbons (Fsp3) is 0.346. The van der Waals surface area contributed by atoms with Gasteiger partial charge >= 0.3 is 5.97 Å². The number of nitrogens with zero attached hydrogens (tertiary/aromatic N) is 1. The molecule has 3 atom stereocenters. The van der Waals surface area contributed by atoms with Gasteiger partial charge < -0.3 is 20.3 Å². The number of aromatic nitrogens is 1. The van der Waals surface area contributed by atoms with Crippen molar-refractivity contribution in [1.82, 2.24) is 15.2 Å². The maximum atomic E-state index is 13.5. The molecule has 0 spiro atoms. The number of thiol groups is 1. The summed E-state index contributed by atoms with van der Waals surface area (Å²) < 4.78 is 0. The number of amides is 2. The molecule has 3 aromatic rings. The SMILES string of the molecule is O=C(N[C@@H](Cc1c[nH]c2ccccc12)C(=O)N1CCC[C@H]1C(=O)O)[C@@H](CS)Cc1ccccc1. The molecule has 4 rings (SSSR count). The van der Waals surface area contributed by atoms with Crippen molar-refractivity contribution in [2.75, 3.05) is 12.3 Å². The lowest BCUT2D eigenvalue weighted by Gasteiger charge is -2.28. The van der Waals surface area contributed by atoms with Crippen molar-refractivity contribution < 1.29 is 19.5 Å². The van der Waals surface area contributed by atoms with Gasteiger partial charge in [-0.3, -0.25) is 9.59 Å². The normalized spacial score (nSPS) is 17.4. The number of carboxylic acid groups (broad SMARTS) is 1. The van der Waals surface area contributed by atoms with Crippen molar-refractivity contribution in [3.63, 3.8) is 0 Å². The molecule has 1 saturated heterocycles. The summed E-state index contributed by atoms with van der Waals surface area (Å²) in [7, 11) is 0. The van der Waals surface area contributed by atoms with E-state index in [0.717, 1.165) is 22.0 Å². The van der Waals surface area contributed by atoms with Gasteiger partial charge in [0.2, 0.25) is 11.8 Å². The van der Waals surface area contributed by atoms with Crippen LogP contribution in [0.3, 0.4) is 0 Å². The first-order valence-electron chi connectivity index (χ1n) is 11.5. The Kier molecular flexibility index (Phi) is 7.57. The Hall–Kier alpha value is -3.26. The average Bonchev–Trinajstić information content (AvgIpc) is 3.50. The van der Waals surface area contributed by atoms with E-state index in [4.69, 9.17) is 0 Å². The molecule has 2 amide bonds. The Balaban J connectivity index is 1.58. The minimum Gasteiger partial charge on any atom is -0.480 e. The van der Waals surface area contributed by atoms with E-state index in [1.54, 1.807) is 0 Å². The number of rotatable bonds is 9. The predicted molar refractivity (Wildman–Crippen MR) is 134 cm³/mol. The smallest absolute Gasteiger partial charge is 0.326 e. The van der Waals surface area contributed by atoms with Crippen LogP contribution in [0.5, 0.6) is 0 Å². The van der Waals surface area contributed by atoms with Crippen LogP contribution in [0.25, 0.3) is 10.9 Å². The van der Waals surface area contributed by atoms with Crippen LogP contribution < -0.4 is 5.32 Å². The van der Waals surface area contributed by atoms with Crippen LogP contribution in [0.15, 0.2) is 60.8 Å². The maximum Gasteiger partial charge on any atom is 0.326 e. The van der Waals surface area contributed by atoms with Crippen molar-refractivity contribution >= 4 is 41.3 Å². The lowest BCUT2D eigenvalue weighted by molar-refractivity contribution is -0.149. The zero-order valence-electron chi connectivity index (χ0n) is 18.8. The van der Waals surface area contributed by atoms with Crippen LogP contribution in [0.4, 0.5) is 0 Å². The minimum absolute atomic E-state index is 0.261. The van der Waals surface area contributed by atoms with Gasteiger partial charge in [0, 0.05) is 35.8 Å². The monoisotopic (exact) mass is 479 g/mol. The number of hydrogen-bond donors (Lipinski definition) is 4. The number of likely N-dealkylation sites (tertiary alicyclic amines) is 1. The first-order chi connectivity index (χ1) is 16.5. The highest BCUT2D eigenvalue weighted by molar-refractivity contribution is 7.80. The van der Waals surface area contributed by atoms with Crippen LogP contribution in [-0.2, 0) is 27.2 Å². The number of nitrogens with one attached hydrogen (secondary N) is 2. The first-order valence-corrected chi connectivity index (χ1v) is 12.1. The highest BCUT2D eigenvalue weighted by Gasteiger charge is 2.38. The Bertz CT molecular complexity index is 1160. The molecule has 0 aliphatic carbocycles.